The number of aromatic nitrogens is 1. The standard InChI is InChI=1S/C14H16IN4/c15-19-8-9-3-1-2-6-18(9)14(19)13-12(17-13)10-7-16-5-4-11(10)19/h4-5,7-8,12-14,17H,1-3,6H2/q+1. The Bertz CT molecular complexity index is 601. The number of allylic oxidation sites excluding steroid dienone is 1. The highest BCUT2D eigenvalue weighted by atomic mass is 127. The first kappa shape index (κ1) is 11.0. The molecule has 0 spiro atoms. The van der Waals surface area contributed by atoms with Gasteiger partial charge in [0.1, 0.15) is 12.2 Å². The average Bonchev–Trinajstić information content (AvgIpc) is 3.15. The van der Waals surface area contributed by atoms with Crippen LogP contribution in [-0.2, 0) is 0 Å². The minimum absolute atomic E-state index is 0.532. The number of quaternary nitrogens is 1. The zero-order valence-electron chi connectivity index (χ0n) is 10.6. The average molecular weight is 367 g/mol. The number of pyridine rings is 1. The molecular formula is C14H16IN4+. The van der Waals surface area contributed by atoms with Crippen LogP contribution in [-0.4, -0.2) is 28.6 Å². The summed E-state index contributed by atoms with van der Waals surface area (Å²) < 4.78 is 0.916. The molecule has 98 valence electrons. The van der Waals surface area contributed by atoms with Crippen LogP contribution in [0, 0.1) is 0 Å². The summed E-state index contributed by atoms with van der Waals surface area (Å²) in [6, 6.07) is 3.34. The summed E-state index contributed by atoms with van der Waals surface area (Å²) in [4.78, 5) is 6.99. The molecule has 4 nitrogen and oxygen atoms in total. The van der Waals surface area contributed by atoms with E-state index in [4.69, 9.17) is 0 Å². The van der Waals surface area contributed by atoms with Crippen molar-refractivity contribution in [2.24, 2.45) is 0 Å². The van der Waals surface area contributed by atoms with Gasteiger partial charge in [-0.15, -0.1) is 0 Å². The van der Waals surface area contributed by atoms with Crippen LogP contribution in [0.4, 0.5) is 5.69 Å². The second kappa shape index (κ2) is 3.51. The molecule has 4 aliphatic heterocycles. The number of fused-ring (bicyclic) bond motifs is 8. The molecule has 0 aliphatic carbocycles. The second-order valence-electron chi connectivity index (χ2n) is 5.98. The minimum atomic E-state index is 0.532. The van der Waals surface area contributed by atoms with Gasteiger partial charge < -0.3 is 4.90 Å². The minimum Gasteiger partial charge on any atom is -0.319 e. The number of halogens is 1. The maximum absolute atomic E-state index is 4.32. The van der Waals surface area contributed by atoms with Gasteiger partial charge in [-0.25, -0.2) is 0 Å². The lowest BCUT2D eigenvalue weighted by Crippen LogP contribution is -2.54. The van der Waals surface area contributed by atoms with Crippen molar-refractivity contribution in [3.8, 4) is 0 Å². The maximum atomic E-state index is 4.32. The Balaban J connectivity index is 1.72. The largest absolute Gasteiger partial charge is 0.319 e. The lowest BCUT2D eigenvalue weighted by atomic mass is 10.0. The van der Waals surface area contributed by atoms with Crippen LogP contribution in [0.25, 0.3) is 0 Å². The fraction of sp³-hybridized carbons (Fsp3) is 0.500. The highest BCUT2D eigenvalue weighted by molar-refractivity contribution is 14.1. The van der Waals surface area contributed by atoms with Gasteiger partial charge in [0.2, 0.25) is 0 Å². The van der Waals surface area contributed by atoms with E-state index in [1.807, 2.05) is 6.20 Å². The molecule has 0 aromatic carbocycles. The molecule has 5 heterocycles. The van der Waals surface area contributed by atoms with Crippen LogP contribution in [0.1, 0.15) is 30.9 Å². The van der Waals surface area contributed by atoms with Gasteiger partial charge in [0.25, 0.3) is 22.9 Å². The van der Waals surface area contributed by atoms with E-state index >= 15 is 0 Å². The summed E-state index contributed by atoms with van der Waals surface area (Å²) in [7, 11) is 0. The molecule has 2 saturated heterocycles. The summed E-state index contributed by atoms with van der Waals surface area (Å²) in [5.74, 6) is 0. The van der Waals surface area contributed by atoms with Crippen molar-refractivity contribution in [2.45, 2.75) is 37.5 Å². The molecule has 0 radical (unpaired) electrons. The van der Waals surface area contributed by atoms with Gasteiger partial charge in [0.05, 0.1) is 17.3 Å². The quantitative estimate of drug-likeness (QED) is 0.435. The number of piperidine rings is 1. The van der Waals surface area contributed by atoms with Crippen molar-refractivity contribution in [3.05, 3.63) is 35.9 Å². The predicted octanol–water partition coefficient (Wildman–Crippen LogP) is 2.43. The summed E-state index contributed by atoms with van der Waals surface area (Å²) in [5.41, 5.74) is 4.38. The fourth-order valence-electron chi connectivity index (χ4n) is 4.10. The Morgan fingerprint density at radius 1 is 1.42 bits per heavy atom. The SMILES string of the molecule is I[N+]12C=C3CCCCN3C1C1NC1c1cnccc12. The van der Waals surface area contributed by atoms with E-state index < -0.39 is 0 Å². The Labute approximate surface area is 126 Å². The van der Waals surface area contributed by atoms with Crippen LogP contribution in [0.5, 0.6) is 0 Å². The molecule has 0 bridgehead atoms. The lowest BCUT2D eigenvalue weighted by molar-refractivity contribution is 0.185. The van der Waals surface area contributed by atoms with Crippen molar-refractivity contribution >= 4 is 28.6 Å². The van der Waals surface area contributed by atoms with Crippen molar-refractivity contribution < 1.29 is 0 Å². The van der Waals surface area contributed by atoms with Gasteiger partial charge in [-0.05, 0) is 19.3 Å². The number of rotatable bonds is 0. The predicted molar refractivity (Wildman–Crippen MR) is 82.1 cm³/mol. The second-order valence-corrected chi connectivity index (χ2v) is 7.57. The molecule has 19 heavy (non-hydrogen) atoms. The monoisotopic (exact) mass is 367 g/mol. The van der Waals surface area contributed by atoms with E-state index in [-0.39, 0.29) is 0 Å². The van der Waals surface area contributed by atoms with Gasteiger partial charge >= 0.3 is 0 Å². The van der Waals surface area contributed by atoms with E-state index in [9.17, 15) is 0 Å². The van der Waals surface area contributed by atoms with Crippen molar-refractivity contribution in [1.29, 1.82) is 0 Å². The van der Waals surface area contributed by atoms with E-state index in [0.29, 0.717) is 18.2 Å². The van der Waals surface area contributed by atoms with Crippen LogP contribution in [0.3, 0.4) is 0 Å². The molecule has 1 N–H and O–H groups in total. The summed E-state index contributed by atoms with van der Waals surface area (Å²) in [6.45, 7) is 1.23. The Morgan fingerprint density at radius 3 is 3.32 bits per heavy atom. The Kier molecular flexibility index (Phi) is 2.04. The molecule has 4 aliphatic rings. The van der Waals surface area contributed by atoms with E-state index in [2.05, 4.69) is 56.5 Å². The lowest BCUT2D eigenvalue weighted by Gasteiger charge is -2.39. The maximum Gasteiger partial charge on any atom is 0.262 e. The zero-order chi connectivity index (χ0) is 12.6. The molecule has 2 fully saturated rings. The van der Waals surface area contributed by atoms with E-state index in [1.54, 1.807) is 5.70 Å². The van der Waals surface area contributed by atoms with Gasteiger partial charge in [-0.1, -0.05) is 0 Å². The van der Waals surface area contributed by atoms with E-state index in [1.165, 1.54) is 37.1 Å². The third-order valence-corrected chi connectivity index (χ3v) is 6.34. The highest BCUT2D eigenvalue weighted by Crippen LogP contribution is 2.56. The van der Waals surface area contributed by atoms with Crippen LogP contribution < -0.4 is 8.01 Å². The van der Waals surface area contributed by atoms with Crippen molar-refractivity contribution in [2.75, 3.05) is 6.54 Å². The number of hydrogen-bond acceptors (Lipinski definition) is 3. The van der Waals surface area contributed by atoms with Crippen LogP contribution >= 0.6 is 22.9 Å². The van der Waals surface area contributed by atoms with Gasteiger partial charge in [0, 0.05) is 25.0 Å². The van der Waals surface area contributed by atoms with Gasteiger partial charge in [0.15, 0.2) is 11.9 Å². The molecule has 4 unspecified atom stereocenters. The van der Waals surface area contributed by atoms with Gasteiger partial charge in [-0.3, -0.25) is 10.3 Å². The first-order chi connectivity index (χ1) is 9.29. The summed E-state index contributed by atoms with van der Waals surface area (Å²) in [6.07, 6.45) is 11.0. The van der Waals surface area contributed by atoms with Crippen molar-refractivity contribution in [3.63, 3.8) is 0 Å². The molecule has 0 saturated carbocycles. The first-order valence-electron chi connectivity index (χ1n) is 7.06. The smallest absolute Gasteiger partial charge is 0.262 e. The molecule has 5 rings (SSSR count). The Morgan fingerprint density at radius 2 is 2.37 bits per heavy atom. The summed E-state index contributed by atoms with van der Waals surface area (Å²) >= 11 is 2.63. The summed E-state index contributed by atoms with van der Waals surface area (Å²) in [5, 5.41) is 3.68. The molecular weight excluding hydrogens is 351 g/mol. The Hall–Kier alpha value is -0.660. The van der Waals surface area contributed by atoms with Gasteiger partial charge in [-0.2, -0.15) is 2.70 Å². The van der Waals surface area contributed by atoms with Crippen LogP contribution in [0.15, 0.2) is 30.4 Å². The van der Waals surface area contributed by atoms with E-state index in [0.717, 1.165) is 2.70 Å². The third kappa shape index (κ3) is 1.29. The first-order valence-corrected chi connectivity index (χ1v) is 8.02. The van der Waals surface area contributed by atoms with Crippen molar-refractivity contribution in [1.82, 2.24) is 17.9 Å². The number of nitrogens with one attached hydrogen (secondary N) is 1. The highest BCUT2D eigenvalue weighted by Gasteiger charge is 2.65. The molecule has 5 heteroatoms. The number of nitrogens with zero attached hydrogens (tertiary/aromatic N) is 3. The normalized spacial score (nSPS) is 41.8. The third-order valence-electron chi connectivity index (χ3n) is 4.97. The molecule has 4 atom stereocenters. The zero-order valence-corrected chi connectivity index (χ0v) is 12.7. The fourth-order valence-corrected chi connectivity index (χ4v) is 5.50. The molecule has 1 aromatic heterocycles. The topological polar surface area (TPSA) is 38.1 Å². The molecule has 1 aromatic rings. The van der Waals surface area contributed by atoms with Crippen LogP contribution in [0.2, 0.25) is 0 Å². The number of hydrogen-bond donors (Lipinski definition) is 1. The molecule has 0 amide bonds.